The largest absolute Gasteiger partial charge is 0.352 e. The zero-order valence-corrected chi connectivity index (χ0v) is 11.9. The quantitative estimate of drug-likeness (QED) is 0.885. The summed E-state index contributed by atoms with van der Waals surface area (Å²) in [5, 5.41) is 12.4. The molecule has 1 aliphatic heterocycles. The van der Waals surface area contributed by atoms with E-state index in [2.05, 4.69) is 33.4 Å². The number of hydrogen-bond acceptors (Lipinski definition) is 4. The number of piperazine rings is 1. The molecule has 0 aromatic carbocycles. The zero-order valence-electron chi connectivity index (χ0n) is 11.9. The maximum atomic E-state index is 4.53. The van der Waals surface area contributed by atoms with Crippen LogP contribution in [-0.2, 0) is 0 Å². The van der Waals surface area contributed by atoms with Crippen molar-refractivity contribution in [2.24, 2.45) is 0 Å². The number of anilines is 1. The van der Waals surface area contributed by atoms with E-state index < -0.39 is 0 Å². The van der Waals surface area contributed by atoms with E-state index in [-0.39, 0.29) is 0 Å². The van der Waals surface area contributed by atoms with E-state index in [1.54, 1.807) is 0 Å². The van der Waals surface area contributed by atoms with Gasteiger partial charge in [-0.15, -0.1) is 5.10 Å². The second-order valence-corrected chi connectivity index (χ2v) is 5.85. The lowest BCUT2D eigenvalue weighted by atomic mass is 9.86. The Bertz CT molecular complexity index is 420. The minimum atomic E-state index is 0.650. The van der Waals surface area contributed by atoms with Gasteiger partial charge in [0.1, 0.15) is 0 Å². The summed E-state index contributed by atoms with van der Waals surface area (Å²) < 4.78 is 0. The average Bonchev–Trinajstić information content (AvgIpc) is 2.49. The number of aryl methyl sites for hydroxylation is 1. The molecule has 2 aliphatic rings. The van der Waals surface area contributed by atoms with E-state index in [9.17, 15) is 0 Å². The molecule has 4 nitrogen and oxygen atoms in total. The predicted octanol–water partition coefficient (Wildman–Crippen LogP) is 2.24. The molecule has 19 heavy (non-hydrogen) atoms. The number of rotatable bonds is 2. The Morgan fingerprint density at radius 3 is 2.53 bits per heavy atom. The van der Waals surface area contributed by atoms with Gasteiger partial charge in [0.05, 0.1) is 5.69 Å². The molecule has 1 aliphatic carbocycles. The number of nitrogens with zero attached hydrogens (tertiary/aromatic N) is 3. The van der Waals surface area contributed by atoms with Crippen molar-refractivity contribution >= 4 is 5.82 Å². The van der Waals surface area contributed by atoms with Crippen molar-refractivity contribution < 1.29 is 0 Å². The van der Waals surface area contributed by atoms with Crippen molar-refractivity contribution in [3.8, 4) is 0 Å². The highest BCUT2D eigenvalue weighted by Crippen LogP contribution is 2.32. The fourth-order valence-corrected chi connectivity index (χ4v) is 3.29. The molecular formula is C15H24N4. The Balaban J connectivity index is 1.76. The van der Waals surface area contributed by atoms with Crippen LogP contribution in [0.1, 0.15) is 49.3 Å². The van der Waals surface area contributed by atoms with Crippen molar-refractivity contribution in [2.45, 2.75) is 44.9 Å². The Hall–Kier alpha value is -1.16. The van der Waals surface area contributed by atoms with E-state index in [4.69, 9.17) is 0 Å². The normalized spacial score (nSPS) is 21.6. The van der Waals surface area contributed by atoms with Gasteiger partial charge in [0.25, 0.3) is 0 Å². The lowest BCUT2D eigenvalue weighted by Crippen LogP contribution is -2.44. The van der Waals surface area contributed by atoms with Crippen LogP contribution in [0.3, 0.4) is 0 Å². The van der Waals surface area contributed by atoms with Crippen LogP contribution in [0.5, 0.6) is 0 Å². The summed E-state index contributed by atoms with van der Waals surface area (Å²) in [7, 11) is 0. The molecule has 4 heteroatoms. The number of hydrogen-bond donors (Lipinski definition) is 1. The third-order valence-electron chi connectivity index (χ3n) is 4.42. The van der Waals surface area contributed by atoms with E-state index in [1.165, 1.54) is 43.4 Å². The molecule has 3 rings (SSSR count). The second-order valence-electron chi connectivity index (χ2n) is 5.85. The van der Waals surface area contributed by atoms with Gasteiger partial charge in [-0.2, -0.15) is 5.10 Å². The van der Waals surface area contributed by atoms with Crippen LogP contribution in [0.15, 0.2) is 6.07 Å². The molecule has 1 N–H and O–H groups in total. The van der Waals surface area contributed by atoms with Crippen LogP contribution in [-0.4, -0.2) is 36.4 Å². The molecule has 1 aromatic heterocycles. The SMILES string of the molecule is Cc1cc(C2CCCCC2)nnc1N1CCNCC1. The van der Waals surface area contributed by atoms with Gasteiger partial charge in [0, 0.05) is 32.1 Å². The predicted molar refractivity (Wildman–Crippen MR) is 77.7 cm³/mol. The number of nitrogens with one attached hydrogen (secondary N) is 1. The fourth-order valence-electron chi connectivity index (χ4n) is 3.29. The second kappa shape index (κ2) is 5.87. The minimum absolute atomic E-state index is 0.650. The molecule has 0 bridgehead atoms. The highest BCUT2D eigenvalue weighted by molar-refractivity contribution is 5.46. The fraction of sp³-hybridized carbons (Fsp3) is 0.733. The molecule has 2 fully saturated rings. The van der Waals surface area contributed by atoms with Crippen LogP contribution in [0.2, 0.25) is 0 Å². The Kier molecular flexibility index (Phi) is 3.97. The summed E-state index contributed by atoms with van der Waals surface area (Å²) >= 11 is 0. The summed E-state index contributed by atoms with van der Waals surface area (Å²) in [5.74, 6) is 1.73. The first kappa shape index (κ1) is 12.9. The summed E-state index contributed by atoms with van der Waals surface area (Å²) in [4.78, 5) is 2.35. The van der Waals surface area contributed by atoms with Crippen molar-refractivity contribution in [3.63, 3.8) is 0 Å². The van der Waals surface area contributed by atoms with Gasteiger partial charge in [0.15, 0.2) is 5.82 Å². The Labute approximate surface area is 115 Å². The first-order chi connectivity index (χ1) is 9.34. The van der Waals surface area contributed by atoms with Crippen LogP contribution < -0.4 is 10.2 Å². The van der Waals surface area contributed by atoms with E-state index in [0.717, 1.165) is 32.0 Å². The molecular weight excluding hydrogens is 236 g/mol. The molecule has 1 saturated heterocycles. The molecule has 1 aromatic rings. The van der Waals surface area contributed by atoms with Crippen molar-refractivity contribution in [2.75, 3.05) is 31.1 Å². The van der Waals surface area contributed by atoms with Crippen molar-refractivity contribution in [1.29, 1.82) is 0 Å². The third-order valence-corrected chi connectivity index (χ3v) is 4.42. The van der Waals surface area contributed by atoms with E-state index in [0.29, 0.717) is 5.92 Å². The molecule has 0 atom stereocenters. The molecule has 2 heterocycles. The van der Waals surface area contributed by atoms with E-state index >= 15 is 0 Å². The first-order valence-corrected chi connectivity index (χ1v) is 7.64. The molecule has 0 amide bonds. The van der Waals surface area contributed by atoms with Crippen LogP contribution in [0, 0.1) is 6.92 Å². The van der Waals surface area contributed by atoms with Crippen LogP contribution >= 0.6 is 0 Å². The van der Waals surface area contributed by atoms with Gasteiger partial charge in [-0.05, 0) is 31.4 Å². The van der Waals surface area contributed by atoms with Gasteiger partial charge in [-0.3, -0.25) is 0 Å². The average molecular weight is 260 g/mol. The van der Waals surface area contributed by atoms with Gasteiger partial charge >= 0.3 is 0 Å². The Morgan fingerprint density at radius 1 is 1.11 bits per heavy atom. The monoisotopic (exact) mass is 260 g/mol. The van der Waals surface area contributed by atoms with E-state index in [1.807, 2.05) is 0 Å². The molecule has 104 valence electrons. The highest BCUT2D eigenvalue weighted by Gasteiger charge is 2.20. The minimum Gasteiger partial charge on any atom is -0.352 e. The molecule has 0 radical (unpaired) electrons. The highest BCUT2D eigenvalue weighted by atomic mass is 15.3. The molecule has 0 unspecified atom stereocenters. The lowest BCUT2D eigenvalue weighted by Gasteiger charge is -2.29. The van der Waals surface area contributed by atoms with Crippen LogP contribution in [0.25, 0.3) is 0 Å². The van der Waals surface area contributed by atoms with Gasteiger partial charge in [-0.1, -0.05) is 19.3 Å². The van der Waals surface area contributed by atoms with Gasteiger partial charge in [-0.25, -0.2) is 0 Å². The third kappa shape index (κ3) is 2.89. The molecule has 0 spiro atoms. The smallest absolute Gasteiger partial charge is 0.154 e. The maximum absolute atomic E-state index is 4.53. The number of aromatic nitrogens is 2. The topological polar surface area (TPSA) is 41.1 Å². The Morgan fingerprint density at radius 2 is 1.84 bits per heavy atom. The standard InChI is InChI=1S/C15H24N4/c1-12-11-14(13-5-3-2-4-6-13)17-18-15(12)19-9-7-16-8-10-19/h11,13,16H,2-10H2,1H3. The molecule has 1 saturated carbocycles. The zero-order chi connectivity index (χ0) is 13.1. The summed E-state index contributed by atoms with van der Waals surface area (Å²) in [6.45, 7) is 6.35. The van der Waals surface area contributed by atoms with Gasteiger partial charge < -0.3 is 10.2 Å². The summed E-state index contributed by atoms with van der Waals surface area (Å²) in [5.41, 5.74) is 2.51. The maximum Gasteiger partial charge on any atom is 0.154 e. The van der Waals surface area contributed by atoms with Crippen molar-refractivity contribution in [3.05, 3.63) is 17.3 Å². The van der Waals surface area contributed by atoms with Crippen LogP contribution in [0.4, 0.5) is 5.82 Å². The van der Waals surface area contributed by atoms with Gasteiger partial charge in [0.2, 0.25) is 0 Å². The summed E-state index contributed by atoms with van der Waals surface area (Å²) in [6.07, 6.45) is 6.68. The summed E-state index contributed by atoms with van der Waals surface area (Å²) in [6, 6.07) is 2.28. The van der Waals surface area contributed by atoms with Crippen molar-refractivity contribution in [1.82, 2.24) is 15.5 Å². The first-order valence-electron chi connectivity index (χ1n) is 7.64. The lowest BCUT2D eigenvalue weighted by molar-refractivity contribution is 0.433.